The van der Waals surface area contributed by atoms with Gasteiger partial charge in [-0.2, -0.15) is 5.10 Å². The van der Waals surface area contributed by atoms with Crippen LogP contribution in [0.3, 0.4) is 0 Å². The van der Waals surface area contributed by atoms with Crippen molar-refractivity contribution in [2.75, 3.05) is 13.1 Å². The van der Waals surface area contributed by atoms with Crippen LogP contribution in [-0.2, 0) is 0 Å². The van der Waals surface area contributed by atoms with Gasteiger partial charge in [-0.25, -0.2) is 14.2 Å². The second-order valence-corrected chi connectivity index (χ2v) is 9.55. The number of hydrogen-bond donors (Lipinski definition) is 1. The third-order valence-electron chi connectivity index (χ3n) is 6.34. The van der Waals surface area contributed by atoms with Gasteiger partial charge in [-0.05, 0) is 46.6 Å². The smallest absolute Gasteiger partial charge is 0.407 e. The molecule has 1 aliphatic rings. The molecule has 6 rings (SSSR count). The van der Waals surface area contributed by atoms with Crippen LogP contribution >= 0.6 is 27.5 Å². The Balaban J connectivity index is 1.43. The number of likely N-dealkylation sites (tertiary alicyclic amines) is 1. The molecule has 1 amide bonds. The Hall–Kier alpha value is -3.50. The lowest BCUT2D eigenvalue weighted by Gasteiger charge is -2.12. The molecular weight excluding hydrogens is 539 g/mol. The first-order chi connectivity index (χ1) is 16.9. The van der Waals surface area contributed by atoms with E-state index in [1.165, 1.54) is 11.0 Å². The van der Waals surface area contributed by atoms with Gasteiger partial charge in [0, 0.05) is 48.2 Å². The van der Waals surface area contributed by atoms with Crippen LogP contribution < -0.4 is 0 Å². The number of nitrogens with zero attached hydrogens (tertiary/aromatic N) is 6. The first kappa shape index (κ1) is 22.0. The molecule has 1 aromatic carbocycles. The summed E-state index contributed by atoms with van der Waals surface area (Å²) in [6.07, 6.45) is 7.05. The number of rotatable bonds is 3. The van der Waals surface area contributed by atoms with Crippen molar-refractivity contribution in [2.45, 2.75) is 12.5 Å². The van der Waals surface area contributed by atoms with Crippen LogP contribution in [0.4, 0.5) is 9.18 Å². The molecule has 5 aromatic rings. The van der Waals surface area contributed by atoms with Crippen molar-refractivity contribution >= 4 is 50.2 Å². The van der Waals surface area contributed by atoms with Crippen LogP contribution in [0.15, 0.2) is 59.7 Å². The molecule has 11 heteroatoms. The van der Waals surface area contributed by atoms with Crippen LogP contribution in [0.5, 0.6) is 0 Å². The van der Waals surface area contributed by atoms with Crippen molar-refractivity contribution in [3.05, 3.63) is 70.6 Å². The van der Waals surface area contributed by atoms with Crippen LogP contribution in [0, 0.1) is 5.82 Å². The minimum Gasteiger partial charge on any atom is -0.465 e. The SMILES string of the molecule is O=C(O)N1CCC(n2cc(-c3cnc4ccn5c(Br)c(-c6c(F)cccc6Cl)nc5c4c3)cn2)C1. The predicted molar refractivity (Wildman–Crippen MR) is 133 cm³/mol. The van der Waals surface area contributed by atoms with E-state index in [1.54, 1.807) is 24.5 Å². The van der Waals surface area contributed by atoms with Gasteiger partial charge in [-0.3, -0.25) is 14.1 Å². The number of carbonyl (C=O) groups is 1. The monoisotopic (exact) mass is 554 g/mol. The molecule has 1 N–H and O–H groups in total. The molecule has 0 bridgehead atoms. The minimum atomic E-state index is -0.912. The van der Waals surface area contributed by atoms with Crippen LogP contribution in [0.25, 0.3) is 38.9 Å². The molecule has 8 nitrogen and oxygen atoms in total. The second kappa shape index (κ2) is 8.31. The summed E-state index contributed by atoms with van der Waals surface area (Å²) < 4.78 is 18.9. The van der Waals surface area contributed by atoms with Crippen molar-refractivity contribution in [3.8, 4) is 22.4 Å². The Labute approximate surface area is 211 Å². The molecule has 35 heavy (non-hydrogen) atoms. The van der Waals surface area contributed by atoms with Crippen molar-refractivity contribution in [3.63, 3.8) is 0 Å². The largest absolute Gasteiger partial charge is 0.465 e. The Kier molecular flexibility index (Phi) is 5.23. The van der Waals surface area contributed by atoms with Crippen molar-refractivity contribution < 1.29 is 14.3 Å². The molecule has 0 saturated carbocycles. The standard InChI is InChI=1S/C24H17BrClFN6O2/c25-22-21(20-17(26)2-1-3-18(20)27)30-23-16-8-13(9-28-19(16)5-7-32(22)23)14-10-29-33(11-14)15-4-6-31(12-15)24(34)35/h1-3,5,7-11,15H,4,6,12H2,(H,34,35). The number of carboxylic acid groups (broad SMARTS) is 1. The van der Waals surface area contributed by atoms with Gasteiger partial charge in [0.1, 0.15) is 21.8 Å². The number of aromatic nitrogens is 5. The molecule has 1 atom stereocenters. The van der Waals surface area contributed by atoms with Gasteiger partial charge in [0.15, 0.2) is 0 Å². The first-order valence-electron chi connectivity index (χ1n) is 10.8. The third-order valence-corrected chi connectivity index (χ3v) is 7.41. The maximum atomic E-state index is 14.6. The fourth-order valence-electron chi connectivity index (χ4n) is 4.53. The van der Waals surface area contributed by atoms with Crippen molar-refractivity contribution in [2.24, 2.45) is 0 Å². The van der Waals surface area contributed by atoms with E-state index < -0.39 is 11.9 Å². The zero-order valence-corrected chi connectivity index (χ0v) is 20.4. The molecule has 0 radical (unpaired) electrons. The molecule has 1 unspecified atom stereocenters. The van der Waals surface area contributed by atoms with E-state index >= 15 is 0 Å². The lowest BCUT2D eigenvalue weighted by molar-refractivity contribution is 0.154. The Bertz CT molecular complexity index is 1610. The number of pyridine rings is 2. The zero-order chi connectivity index (χ0) is 24.3. The Morgan fingerprint density at radius 1 is 1.23 bits per heavy atom. The normalized spacial score (nSPS) is 16.0. The van der Waals surface area contributed by atoms with Crippen molar-refractivity contribution in [1.29, 1.82) is 0 Å². The minimum absolute atomic E-state index is 0.00343. The molecule has 176 valence electrons. The van der Waals surface area contributed by atoms with Crippen molar-refractivity contribution in [1.82, 2.24) is 29.0 Å². The maximum absolute atomic E-state index is 14.6. The molecule has 1 aliphatic heterocycles. The summed E-state index contributed by atoms with van der Waals surface area (Å²) in [5.74, 6) is -0.453. The predicted octanol–water partition coefficient (Wildman–Crippen LogP) is 5.89. The number of halogens is 3. The van der Waals surface area contributed by atoms with Crippen LogP contribution in [-0.4, -0.2) is 53.3 Å². The summed E-state index contributed by atoms with van der Waals surface area (Å²) in [6.45, 7) is 0.907. The Morgan fingerprint density at radius 3 is 2.86 bits per heavy atom. The first-order valence-corrected chi connectivity index (χ1v) is 12.0. The summed E-state index contributed by atoms with van der Waals surface area (Å²) in [5, 5.41) is 14.8. The molecular formula is C24H17BrClFN6O2. The van der Waals surface area contributed by atoms with Gasteiger partial charge in [0.05, 0.1) is 28.3 Å². The summed E-state index contributed by atoms with van der Waals surface area (Å²) >= 11 is 9.86. The fraction of sp³-hybridized carbons (Fsp3) is 0.167. The molecule has 4 aromatic heterocycles. The van der Waals surface area contributed by atoms with Gasteiger partial charge in [0.2, 0.25) is 0 Å². The van der Waals surface area contributed by atoms with Crippen LogP contribution in [0.1, 0.15) is 12.5 Å². The zero-order valence-electron chi connectivity index (χ0n) is 18.1. The molecule has 1 fully saturated rings. The van der Waals surface area contributed by atoms with E-state index in [-0.39, 0.29) is 16.6 Å². The topological polar surface area (TPSA) is 88.5 Å². The quantitative estimate of drug-likeness (QED) is 0.300. The van der Waals surface area contributed by atoms with Gasteiger partial charge in [-0.15, -0.1) is 0 Å². The average molecular weight is 556 g/mol. The highest BCUT2D eigenvalue weighted by molar-refractivity contribution is 9.10. The molecule has 5 heterocycles. The van der Waals surface area contributed by atoms with Gasteiger partial charge >= 0.3 is 6.09 Å². The number of amides is 1. The van der Waals surface area contributed by atoms with E-state index in [9.17, 15) is 14.3 Å². The number of fused-ring (bicyclic) bond motifs is 3. The van der Waals surface area contributed by atoms with E-state index in [1.807, 2.05) is 33.6 Å². The van der Waals surface area contributed by atoms with Gasteiger partial charge < -0.3 is 10.0 Å². The van der Waals surface area contributed by atoms with E-state index in [4.69, 9.17) is 16.6 Å². The van der Waals surface area contributed by atoms with E-state index in [2.05, 4.69) is 26.0 Å². The fourth-order valence-corrected chi connectivity index (χ4v) is 5.36. The highest BCUT2D eigenvalue weighted by atomic mass is 79.9. The van der Waals surface area contributed by atoms with Gasteiger partial charge in [-0.1, -0.05) is 17.7 Å². The third kappa shape index (κ3) is 3.64. The highest BCUT2D eigenvalue weighted by Crippen LogP contribution is 2.37. The second-order valence-electron chi connectivity index (χ2n) is 8.39. The summed E-state index contributed by atoms with van der Waals surface area (Å²) in [4.78, 5) is 22.0. The average Bonchev–Trinajstić information content (AvgIpc) is 3.58. The molecule has 1 saturated heterocycles. The summed E-state index contributed by atoms with van der Waals surface area (Å²) in [7, 11) is 0. The summed E-state index contributed by atoms with van der Waals surface area (Å²) in [6, 6.07) is 8.38. The summed E-state index contributed by atoms with van der Waals surface area (Å²) in [5.41, 5.74) is 3.69. The Morgan fingerprint density at radius 2 is 2.09 bits per heavy atom. The van der Waals surface area contributed by atoms with E-state index in [0.29, 0.717) is 35.5 Å². The number of imidazole rings is 1. The number of benzene rings is 1. The lowest BCUT2D eigenvalue weighted by atomic mass is 10.1. The van der Waals surface area contributed by atoms with Gasteiger partial charge in [0.25, 0.3) is 0 Å². The highest BCUT2D eigenvalue weighted by Gasteiger charge is 2.27. The molecule has 0 aliphatic carbocycles. The van der Waals surface area contributed by atoms with Crippen LogP contribution in [0.2, 0.25) is 5.02 Å². The van der Waals surface area contributed by atoms with E-state index in [0.717, 1.165) is 22.0 Å². The number of hydrogen-bond acceptors (Lipinski definition) is 4. The lowest BCUT2D eigenvalue weighted by Crippen LogP contribution is -2.27. The maximum Gasteiger partial charge on any atom is 0.407 e. The molecule has 0 spiro atoms.